The lowest BCUT2D eigenvalue weighted by Gasteiger charge is -2.23. The molecule has 0 aliphatic carbocycles. The molecule has 1 heteroatoms. The highest BCUT2D eigenvalue weighted by Gasteiger charge is 2.19. The number of hydrogen-bond acceptors (Lipinski definition) is 0. The Kier molecular flexibility index (Phi) is 5.40. The van der Waals surface area contributed by atoms with Crippen molar-refractivity contribution < 1.29 is 0 Å². The van der Waals surface area contributed by atoms with Gasteiger partial charge in [-0.2, -0.15) is 0 Å². The van der Waals surface area contributed by atoms with Crippen LogP contribution >= 0.6 is 7.92 Å². The van der Waals surface area contributed by atoms with Crippen molar-refractivity contribution in [2.24, 2.45) is 0 Å². The van der Waals surface area contributed by atoms with Gasteiger partial charge in [0, 0.05) is 0 Å². The lowest BCUT2D eigenvalue weighted by atomic mass is 10.2. The van der Waals surface area contributed by atoms with E-state index in [9.17, 15) is 0 Å². The summed E-state index contributed by atoms with van der Waals surface area (Å²) in [5.41, 5.74) is 1.33. The largest absolute Gasteiger partial charge is 0.0758 e. The van der Waals surface area contributed by atoms with Gasteiger partial charge in [-0.1, -0.05) is 104 Å². The quantitative estimate of drug-likeness (QED) is 0.540. The topological polar surface area (TPSA) is 0 Å². The van der Waals surface area contributed by atoms with Crippen LogP contribution in [0.4, 0.5) is 0 Å². The molecule has 3 aromatic rings. The van der Waals surface area contributed by atoms with Crippen molar-refractivity contribution in [1.29, 1.82) is 0 Å². The number of rotatable bonds is 5. The van der Waals surface area contributed by atoms with Gasteiger partial charge in [-0.15, -0.1) is 0 Å². The predicted octanol–water partition coefficient (Wildman–Crippen LogP) is 5.57. The molecule has 0 N–H and O–H groups in total. The van der Waals surface area contributed by atoms with Crippen molar-refractivity contribution in [2.75, 3.05) is 0 Å². The second-order valence-corrected chi connectivity index (χ2v) is 7.56. The Labute approximate surface area is 140 Å². The second-order valence-electron chi connectivity index (χ2n) is 5.37. The van der Waals surface area contributed by atoms with Gasteiger partial charge in [-0.25, -0.2) is 0 Å². The smallest absolute Gasteiger partial charge is 0.0119 e. The zero-order valence-corrected chi connectivity index (χ0v) is 14.3. The van der Waals surface area contributed by atoms with E-state index in [1.54, 1.807) is 0 Å². The Morgan fingerprint density at radius 2 is 1.13 bits per heavy atom. The van der Waals surface area contributed by atoms with Crippen molar-refractivity contribution >= 4 is 23.8 Å². The van der Waals surface area contributed by atoms with Gasteiger partial charge in [0.25, 0.3) is 0 Å². The number of benzene rings is 3. The van der Waals surface area contributed by atoms with E-state index in [0.717, 1.165) is 6.42 Å². The molecule has 0 amide bonds. The van der Waals surface area contributed by atoms with E-state index >= 15 is 0 Å². The molecule has 0 unspecified atom stereocenters. The van der Waals surface area contributed by atoms with E-state index in [4.69, 9.17) is 0 Å². The molecule has 3 rings (SSSR count). The maximum atomic E-state index is 2.39. The van der Waals surface area contributed by atoms with Crippen LogP contribution < -0.4 is 10.6 Å². The van der Waals surface area contributed by atoms with Crippen LogP contribution in [0, 0.1) is 0 Å². The van der Waals surface area contributed by atoms with Crippen molar-refractivity contribution in [3.63, 3.8) is 0 Å². The van der Waals surface area contributed by atoms with Crippen LogP contribution in [-0.2, 0) is 0 Å². The van der Waals surface area contributed by atoms with Crippen LogP contribution in [0.1, 0.15) is 18.9 Å². The Balaban J connectivity index is 2.16. The minimum Gasteiger partial charge on any atom is -0.0758 e. The molecule has 3 aromatic carbocycles. The molecular weight excluding hydrogens is 295 g/mol. The first kappa shape index (κ1) is 15.7. The average molecular weight is 316 g/mol. The fourth-order valence-corrected chi connectivity index (χ4v) is 5.29. The second kappa shape index (κ2) is 7.90. The number of hydrogen-bond donors (Lipinski definition) is 0. The van der Waals surface area contributed by atoms with Crippen LogP contribution in [0.5, 0.6) is 0 Å². The monoisotopic (exact) mass is 316 g/mol. The first-order valence-electron chi connectivity index (χ1n) is 8.06. The van der Waals surface area contributed by atoms with Crippen molar-refractivity contribution in [3.8, 4) is 0 Å². The third-order valence-corrected chi connectivity index (χ3v) is 6.29. The highest BCUT2D eigenvalue weighted by molar-refractivity contribution is 7.82. The summed E-state index contributed by atoms with van der Waals surface area (Å²) in [6.45, 7) is 2.21. The summed E-state index contributed by atoms with van der Waals surface area (Å²) in [6, 6.07) is 32.6. The molecule has 0 radical (unpaired) electrons. The van der Waals surface area contributed by atoms with Gasteiger partial charge < -0.3 is 0 Å². The molecule has 23 heavy (non-hydrogen) atoms. The van der Waals surface area contributed by atoms with E-state index in [2.05, 4.69) is 104 Å². The summed E-state index contributed by atoms with van der Waals surface area (Å²) < 4.78 is 0. The van der Waals surface area contributed by atoms with Crippen molar-refractivity contribution in [2.45, 2.75) is 13.3 Å². The lowest BCUT2D eigenvalue weighted by Crippen LogP contribution is -2.12. The summed E-state index contributed by atoms with van der Waals surface area (Å²) in [4.78, 5) is 0. The minimum absolute atomic E-state index is 0.535. The molecule has 0 aliphatic rings. The molecule has 0 atom stereocenters. The molecule has 0 saturated heterocycles. The Bertz CT molecular complexity index is 706. The van der Waals surface area contributed by atoms with E-state index in [-0.39, 0.29) is 0 Å². The molecule has 0 aliphatic heterocycles. The molecular formula is C22H21P. The van der Waals surface area contributed by atoms with Gasteiger partial charge in [0.05, 0.1) is 0 Å². The fourth-order valence-electron chi connectivity index (χ4n) is 2.72. The van der Waals surface area contributed by atoms with Crippen LogP contribution in [0.3, 0.4) is 0 Å². The normalized spacial score (nSPS) is 11.7. The molecule has 0 saturated carbocycles. The van der Waals surface area contributed by atoms with Gasteiger partial charge in [-0.05, 0) is 35.8 Å². The van der Waals surface area contributed by atoms with Crippen LogP contribution in [0.2, 0.25) is 0 Å². The third kappa shape index (κ3) is 3.78. The summed E-state index contributed by atoms with van der Waals surface area (Å²) in [5, 5.41) is 4.25. The maximum Gasteiger partial charge on any atom is -0.0119 e. The molecule has 0 fully saturated rings. The first-order valence-corrected chi connectivity index (χ1v) is 9.40. The number of allylic oxidation sites excluding steroid dienone is 1. The zero-order chi connectivity index (χ0) is 15.9. The molecule has 0 spiro atoms. The maximum absolute atomic E-state index is 2.39. The van der Waals surface area contributed by atoms with Gasteiger partial charge in [0.15, 0.2) is 0 Å². The van der Waals surface area contributed by atoms with E-state index < -0.39 is 7.92 Å². The van der Waals surface area contributed by atoms with Gasteiger partial charge in [0.2, 0.25) is 0 Å². The molecule has 0 bridgehead atoms. The first-order chi connectivity index (χ1) is 11.4. The highest BCUT2D eigenvalue weighted by Crippen LogP contribution is 2.48. The Morgan fingerprint density at radius 3 is 1.57 bits per heavy atom. The average Bonchev–Trinajstić information content (AvgIpc) is 2.64. The van der Waals surface area contributed by atoms with Crippen LogP contribution in [0.25, 0.3) is 5.31 Å². The molecule has 0 heterocycles. The predicted molar refractivity (Wildman–Crippen MR) is 104 cm³/mol. The van der Waals surface area contributed by atoms with Crippen LogP contribution in [-0.4, -0.2) is 0 Å². The summed E-state index contributed by atoms with van der Waals surface area (Å²) in [6.07, 6.45) is 3.43. The summed E-state index contributed by atoms with van der Waals surface area (Å²) >= 11 is 0. The van der Waals surface area contributed by atoms with E-state index in [1.165, 1.54) is 21.5 Å². The highest BCUT2D eigenvalue weighted by atomic mass is 31.1. The zero-order valence-electron chi connectivity index (χ0n) is 13.4. The SMILES string of the molecule is CCC=C(c1ccccc1)P(c1ccccc1)c1ccccc1. The lowest BCUT2D eigenvalue weighted by molar-refractivity contribution is 1.23. The van der Waals surface area contributed by atoms with Gasteiger partial charge >= 0.3 is 0 Å². The summed E-state index contributed by atoms with van der Waals surface area (Å²) in [7, 11) is -0.535. The van der Waals surface area contributed by atoms with Crippen molar-refractivity contribution in [3.05, 3.63) is 103 Å². The van der Waals surface area contributed by atoms with Gasteiger partial charge in [0.1, 0.15) is 0 Å². The van der Waals surface area contributed by atoms with Crippen LogP contribution in [0.15, 0.2) is 97.1 Å². The standard InChI is InChI=1S/C22H21P/c1-2-12-22(19-13-6-3-7-14-19)23(20-15-8-4-9-16-20)21-17-10-5-11-18-21/h3-18H,2H2,1H3. The van der Waals surface area contributed by atoms with Gasteiger partial charge in [-0.3, -0.25) is 0 Å². The fraction of sp³-hybridized carbons (Fsp3) is 0.0909. The Morgan fingerprint density at radius 1 is 0.696 bits per heavy atom. The molecule has 0 nitrogen and oxygen atoms in total. The van der Waals surface area contributed by atoms with E-state index in [0.29, 0.717) is 0 Å². The third-order valence-electron chi connectivity index (χ3n) is 3.74. The summed E-state index contributed by atoms with van der Waals surface area (Å²) in [5.74, 6) is 0. The molecule has 0 aromatic heterocycles. The molecule has 114 valence electrons. The van der Waals surface area contributed by atoms with Crippen molar-refractivity contribution in [1.82, 2.24) is 0 Å². The Hall–Kier alpha value is -2.17. The van der Waals surface area contributed by atoms with E-state index in [1.807, 2.05) is 0 Å². The minimum atomic E-state index is -0.535.